The standard InChI is InChI=1S/C12H9ClN4/c1-17-11(8-5-3-2-4-6-8)14-9-7-10(13)15-16-12(9)17/h2-7H,1H3. The van der Waals surface area contributed by atoms with Gasteiger partial charge in [-0.05, 0) is 0 Å². The van der Waals surface area contributed by atoms with E-state index in [0.717, 1.165) is 22.6 Å². The Morgan fingerprint density at radius 2 is 1.88 bits per heavy atom. The van der Waals surface area contributed by atoms with Gasteiger partial charge in [0.15, 0.2) is 10.8 Å². The number of imidazole rings is 1. The Bertz CT molecular complexity index is 676. The van der Waals surface area contributed by atoms with E-state index in [2.05, 4.69) is 15.2 Å². The number of aromatic nitrogens is 4. The van der Waals surface area contributed by atoms with Crippen LogP contribution in [0.4, 0.5) is 0 Å². The second-order valence-electron chi connectivity index (χ2n) is 3.74. The number of hydrogen-bond acceptors (Lipinski definition) is 3. The van der Waals surface area contributed by atoms with Gasteiger partial charge in [0.05, 0.1) is 0 Å². The number of nitrogens with zero attached hydrogens (tertiary/aromatic N) is 4. The van der Waals surface area contributed by atoms with E-state index in [4.69, 9.17) is 11.6 Å². The molecule has 0 spiro atoms. The van der Waals surface area contributed by atoms with Crippen LogP contribution in [0, 0.1) is 0 Å². The molecule has 0 N–H and O–H groups in total. The monoisotopic (exact) mass is 244 g/mol. The molecule has 0 radical (unpaired) electrons. The molecule has 3 aromatic rings. The van der Waals surface area contributed by atoms with Crippen LogP contribution in [0.15, 0.2) is 36.4 Å². The van der Waals surface area contributed by atoms with Crippen molar-refractivity contribution in [3.63, 3.8) is 0 Å². The molecule has 0 aliphatic carbocycles. The van der Waals surface area contributed by atoms with Crippen LogP contribution in [0.5, 0.6) is 0 Å². The lowest BCUT2D eigenvalue weighted by atomic mass is 10.2. The molecule has 84 valence electrons. The number of fused-ring (bicyclic) bond motifs is 1. The van der Waals surface area contributed by atoms with Crippen LogP contribution in [0.3, 0.4) is 0 Å². The maximum Gasteiger partial charge on any atom is 0.182 e. The van der Waals surface area contributed by atoms with Crippen LogP contribution in [0.2, 0.25) is 5.15 Å². The molecule has 17 heavy (non-hydrogen) atoms. The van der Waals surface area contributed by atoms with Gasteiger partial charge in [-0.15, -0.1) is 10.2 Å². The molecule has 0 saturated heterocycles. The number of aryl methyl sites for hydroxylation is 1. The van der Waals surface area contributed by atoms with Gasteiger partial charge in [-0.2, -0.15) is 0 Å². The SMILES string of the molecule is Cn1c(-c2ccccc2)nc2cc(Cl)nnc21. The molecular weight excluding hydrogens is 236 g/mol. The van der Waals surface area contributed by atoms with Crippen molar-refractivity contribution < 1.29 is 0 Å². The second kappa shape index (κ2) is 3.82. The molecule has 2 heterocycles. The molecule has 0 amide bonds. The van der Waals surface area contributed by atoms with E-state index in [1.165, 1.54) is 0 Å². The zero-order valence-corrected chi connectivity index (χ0v) is 9.89. The Kier molecular flexibility index (Phi) is 2.30. The van der Waals surface area contributed by atoms with Gasteiger partial charge in [0, 0.05) is 18.7 Å². The minimum Gasteiger partial charge on any atom is -0.310 e. The summed E-state index contributed by atoms with van der Waals surface area (Å²) in [5, 5.41) is 8.23. The molecule has 0 bridgehead atoms. The first-order chi connectivity index (χ1) is 8.25. The van der Waals surface area contributed by atoms with Crippen LogP contribution >= 0.6 is 11.6 Å². The first kappa shape index (κ1) is 10.2. The molecule has 1 aromatic carbocycles. The molecule has 5 heteroatoms. The summed E-state index contributed by atoms with van der Waals surface area (Å²) in [6.07, 6.45) is 0. The lowest BCUT2D eigenvalue weighted by molar-refractivity contribution is 0.916. The van der Waals surface area contributed by atoms with Gasteiger partial charge in [0.25, 0.3) is 0 Å². The summed E-state index contributed by atoms with van der Waals surface area (Å²) in [6, 6.07) is 11.7. The highest BCUT2D eigenvalue weighted by Gasteiger charge is 2.11. The second-order valence-corrected chi connectivity index (χ2v) is 4.12. The summed E-state index contributed by atoms with van der Waals surface area (Å²) in [5.41, 5.74) is 2.53. The van der Waals surface area contributed by atoms with E-state index in [0.29, 0.717) is 5.15 Å². The van der Waals surface area contributed by atoms with Crippen molar-refractivity contribution in [2.24, 2.45) is 7.05 Å². The number of benzene rings is 1. The predicted molar refractivity (Wildman–Crippen MR) is 66.8 cm³/mol. The number of halogens is 1. The van der Waals surface area contributed by atoms with Crippen LogP contribution in [0.1, 0.15) is 0 Å². The van der Waals surface area contributed by atoms with Gasteiger partial charge in [0.1, 0.15) is 11.3 Å². The van der Waals surface area contributed by atoms with E-state index < -0.39 is 0 Å². The van der Waals surface area contributed by atoms with Crippen molar-refractivity contribution in [1.82, 2.24) is 19.7 Å². The Balaban J connectivity index is 2.28. The molecule has 2 aromatic heterocycles. The smallest absolute Gasteiger partial charge is 0.182 e. The largest absolute Gasteiger partial charge is 0.310 e. The first-order valence-electron chi connectivity index (χ1n) is 5.17. The molecule has 4 nitrogen and oxygen atoms in total. The summed E-state index contributed by atoms with van der Waals surface area (Å²) in [6.45, 7) is 0. The highest BCUT2D eigenvalue weighted by Crippen LogP contribution is 2.22. The number of rotatable bonds is 1. The van der Waals surface area contributed by atoms with E-state index in [1.807, 2.05) is 41.9 Å². The van der Waals surface area contributed by atoms with Gasteiger partial charge in [0.2, 0.25) is 0 Å². The van der Waals surface area contributed by atoms with Gasteiger partial charge in [-0.1, -0.05) is 41.9 Å². The summed E-state index contributed by atoms with van der Waals surface area (Å²) in [4.78, 5) is 4.52. The Morgan fingerprint density at radius 3 is 2.65 bits per heavy atom. The Hall–Kier alpha value is -1.94. The zero-order valence-electron chi connectivity index (χ0n) is 9.13. The summed E-state index contributed by atoms with van der Waals surface area (Å²) in [5.74, 6) is 0.858. The lowest BCUT2D eigenvalue weighted by Crippen LogP contribution is -1.94. The van der Waals surface area contributed by atoms with E-state index in [1.54, 1.807) is 6.07 Å². The van der Waals surface area contributed by atoms with E-state index in [-0.39, 0.29) is 0 Å². The molecule has 0 unspecified atom stereocenters. The normalized spacial score (nSPS) is 10.9. The summed E-state index contributed by atoms with van der Waals surface area (Å²) in [7, 11) is 1.92. The van der Waals surface area contributed by atoms with Crippen molar-refractivity contribution in [2.45, 2.75) is 0 Å². The fourth-order valence-electron chi connectivity index (χ4n) is 1.81. The van der Waals surface area contributed by atoms with Crippen molar-refractivity contribution in [3.05, 3.63) is 41.6 Å². The first-order valence-corrected chi connectivity index (χ1v) is 5.54. The summed E-state index contributed by atoms with van der Waals surface area (Å²) >= 11 is 5.80. The maximum atomic E-state index is 5.80. The molecule has 3 rings (SSSR count). The van der Waals surface area contributed by atoms with Crippen molar-refractivity contribution >= 4 is 22.8 Å². The topological polar surface area (TPSA) is 43.6 Å². The van der Waals surface area contributed by atoms with Crippen molar-refractivity contribution in [3.8, 4) is 11.4 Å². The minimum atomic E-state index is 0.357. The molecular formula is C12H9ClN4. The van der Waals surface area contributed by atoms with Crippen molar-refractivity contribution in [1.29, 1.82) is 0 Å². The zero-order chi connectivity index (χ0) is 11.8. The van der Waals surface area contributed by atoms with Crippen molar-refractivity contribution in [2.75, 3.05) is 0 Å². The average molecular weight is 245 g/mol. The quantitative estimate of drug-likeness (QED) is 0.661. The minimum absolute atomic E-state index is 0.357. The van der Waals surface area contributed by atoms with Gasteiger partial charge >= 0.3 is 0 Å². The van der Waals surface area contributed by atoms with Crippen LogP contribution in [0.25, 0.3) is 22.6 Å². The Morgan fingerprint density at radius 1 is 1.12 bits per heavy atom. The van der Waals surface area contributed by atoms with Crippen LogP contribution < -0.4 is 0 Å². The highest BCUT2D eigenvalue weighted by molar-refractivity contribution is 6.29. The van der Waals surface area contributed by atoms with Crippen LogP contribution in [-0.2, 0) is 7.05 Å². The molecule has 0 atom stereocenters. The average Bonchev–Trinajstić information content (AvgIpc) is 2.67. The van der Waals surface area contributed by atoms with E-state index >= 15 is 0 Å². The predicted octanol–water partition coefficient (Wildman–Crippen LogP) is 2.68. The third-order valence-electron chi connectivity index (χ3n) is 2.62. The fourth-order valence-corrected chi connectivity index (χ4v) is 1.95. The summed E-state index contributed by atoms with van der Waals surface area (Å²) < 4.78 is 1.91. The van der Waals surface area contributed by atoms with Gasteiger partial charge in [-0.3, -0.25) is 0 Å². The lowest BCUT2D eigenvalue weighted by Gasteiger charge is -2.00. The molecule has 0 aliphatic heterocycles. The fraction of sp³-hybridized carbons (Fsp3) is 0.0833. The Labute approximate surface area is 103 Å². The third kappa shape index (κ3) is 1.66. The van der Waals surface area contributed by atoms with Gasteiger partial charge < -0.3 is 4.57 Å². The maximum absolute atomic E-state index is 5.80. The third-order valence-corrected chi connectivity index (χ3v) is 2.80. The molecule has 0 saturated carbocycles. The number of hydrogen-bond donors (Lipinski definition) is 0. The molecule has 0 aliphatic rings. The van der Waals surface area contributed by atoms with Gasteiger partial charge in [-0.25, -0.2) is 4.98 Å². The van der Waals surface area contributed by atoms with E-state index in [9.17, 15) is 0 Å². The van der Waals surface area contributed by atoms with Crippen LogP contribution in [-0.4, -0.2) is 19.7 Å². The highest BCUT2D eigenvalue weighted by atomic mass is 35.5. The molecule has 0 fully saturated rings.